The summed E-state index contributed by atoms with van der Waals surface area (Å²) in [4.78, 5) is 0. The van der Waals surface area contributed by atoms with Crippen molar-refractivity contribution in [3.63, 3.8) is 0 Å². The minimum absolute atomic E-state index is 0.305. The molecule has 1 aliphatic carbocycles. The third-order valence-electron chi connectivity index (χ3n) is 4.43. The van der Waals surface area contributed by atoms with Gasteiger partial charge in [0.25, 0.3) is 0 Å². The van der Waals surface area contributed by atoms with Gasteiger partial charge in [0.05, 0.1) is 35.8 Å². The summed E-state index contributed by atoms with van der Waals surface area (Å²) in [6.45, 7) is 5.18. The number of hydrogen-bond donors (Lipinski definition) is 1. The maximum absolute atomic E-state index is 5.59. The molecule has 0 aromatic carbocycles. The summed E-state index contributed by atoms with van der Waals surface area (Å²) in [5, 5.41) is 8.17. The Morgan fingerprint density at radius 1 is 1.33 bits per heavy atom. The number of ether oxygens (including phenoxy) is 1. The minimum atomic E-state index is 0.305. The monoisotopic (exact) mass is 249 g/mol. The molecule has 4 heteroatoms. The third-order valence-corrected chi connectivity index (χ3v) is 4.43. The lowest BCUT2D eigenvalue weighted by molar-refractivity contribution is 0.121. The number of nitrogens with zero attached hydrogens (tertiary/aromatic N) is 2. The molecule has 2 heterocycles. The molecule has 1 aromatic heterocycles. The van der Waals surface area contributed by atoms with Gasteiger partial charge in [-0.05, 0) is 33.1 Å². The minimum Gasteiger partial charge on any atom is -0.377 e. The van der Waals surface area contributed by atoms with Crippen molar-refractivity contribution in [1.29, 1.82) is 0 Å². The highest BCUT2D eigenvalue weighted by atomic mass is 16.5. The summed E-state index contributed by atoms with van der Waals surface area (Å²) in [5.74, 6) is 0. The van der Waals surface area contributed by atoms with Gasteiger partial charge in [0.15, 0.2) is 0 Å². The molecule has 0 spiro atoms. The summed E-state index contributed by atoms with van der Waals surface area (Å²) in [7, 11) is 0. The summed E-state index contributed by atoms with van der Waals surface area (Å²) in [6.07, 6.45) is 8.64. The molecule has 0 radical (unpaired) electrons. The first-order chi connectivity index (χ1) is 8.75. The molecule has 1 saturated heterocycles. The molecule has 1 N–H and O–H groups in total. The van der Waals surface area contributed by atoms with E-state index in [4.69, 9.17) is 4.74 Å². The molecular weight excluding hydrogens is 226 g/mol. The van der Waals surface area contributed by atoms with Crippen LogP contribution in [0, 0.1) is 6.92 Å². The van der Waals surface area contributed by atoms with Gasteiger partial charge >= 0.3 is 0 Å². The Morgan fingerprint density at radius 2 is 2.11 bits per heavy atom. The predicted octanol–water partition coefficient (Wildman–Crippen LogP) is 2.90. The molecule has 2 aliphatic rings. The summed E-state index contributed by atoms with van der Waals surface area (Å²) < 4.78 is 7.81. The Hall–Kier alpha value is -1.03. The van der Waals surface area contributed by atoms with Crippen LogP contribution in [0.1, 0.15) is 50.8 Å². The normalized spacial score (nSPS) is 29.0. The Bertz CT molecular complexity index is 409. The molecule has 3 rings (SSSR count). The van der Waals surface area contributed by atoms with Gasteiger partial charge in [-0.2, -0.15) is 5.10 Å². The molecule has 0 bridgehead atoms. The zero-order valence-electron chi connectivity index (χ0n) is 11.4. The molecule has 0 unspecified atom stereocenters. The second kappa shape index (κ2) is 4.92. The lowest BCUT2D eigenvalue weighted by atomic mass is 10.1. The van der Waals surface area contributed by atoms with Crippen LogP contribution in [0.15, 0.2) is 6.20 Å². The van der Waals surface area contributed by atoms with Crippen molar-refractivity contribution in [2.24, 2.45) is 0 Å². The van der Waals surface area contributed by atoms with Crippen molar-refractivity contribution in [3.05, 3.63) is 11.9 Å². The summed E-state index contributed by atoms with van der Waals surface area (Å²) in [6, 6.07) is 1.06. The van der Waals surface area contributed by atoms with E-state index in [1.54, 1.807) is 0 Å². The fraction of sp³-hybridized carbons (Fsp3) is 0.786. The van der Waals surface area contributed by atoms with Crippen LogP contribution in [0.4, 0.5) is 5.69 Å². The van der Waals surface area contributed by atoms with Gasteiger partial charge in [0.2, 0.25) is 0 Å². The van der Waals surface area contributed by atoms with Crippen LogP contribution >= 0.6 is 0 Å². The third kappa shape index (κ3) is 2.14. The predicted molar refractivity (Wildman–Crippen MR) is 71.9 cm³/mol. The average Bonchev–Trinajstić information content (AvgIpc) is 3.05. The smallest absolute Gasteiger partial charge is 0.0759 e. The van der Waals surface area contributed by atoms with E-state index in [1.807, 2.05) is 6.20 Å². The number of hydrogen-bond acceptors (Lipinski definition) is 3. The zero-order chi connectivity index (χ0) is 12.5. The van der Waals surface area contributed by atoms with Gasteiger partial charge in [-0.1, -0.05) is 12.8 Å². The highest BCUT2D eigenvalue weighted by Gasteiger charge is 2.26. The van der Waals surface area contributed by atoms with E-state index < -0.39 is 0 Å². The summed E-state index contributed by atoms with van der Waals surface area (Å²) in [5.41, 5.74) is 2.46. The van der Waals surface area contributed by atoms with E-state index in [0.717, 1.165) is 13.0 Å². The first-order valence-electron chi connectivity index (χ1n) is 7.18. The van der Waals surface area contributed by atoms with E-state index in [-0.39, 0.29) is 0 Å². The van der Waals surface area contributed by atoms with Crippen LogP contribution in [0.3, 0.4) is 0 Å². The van der Waals surface area contributed by atoms with Crippen LogP contribution in [0.2, 0.25) is 0 Å². The number of rotatable bonds is 3. The van der Waals surface area contributed by atoms with Gasteiger partial charge < -0.3 is 10.1 Å². The molecule has 1 aromatic rings. The average molecular weight is 249 g/mol. The highest BCUT2D eigenvalue weighted by molar-refractivity contribution is 5.47. The molecule has 0 amide bonds. The first-order valence-corrected chi connectivity index (χ1v) is 7.18. The molecule has 2 atom stereocenters. The molecular formula is C14H23N3O. The molecule has 2 fully saturated rings. The van der Waals surface area contributed by atoms with E-state index in [2.05, 4.69) is 28.9 Å². The molecule has 4 nitrogen and oxygen atoms in total. The Morgan fingerprint density at radius 3 is 2.78 bits per heavy atom. The van der Waals surface area contributed by atoms with Crippen LogP contribution in [-0.2, 0) is 4.74 Å². The standard InChI is InChI=1S/C14H23N3O/c1-10-14(16-13-7-8-18-11(13)2)9-15-17(10)12-5-3-4-6-12/h9,11-13,16H,3-8H2,1-2H3/t11-,13-/m0/s1. The van der Waals surface area contributed by atoms with Crippen molar-refractivity contribution in [1.82, 2.24) is 9.78 Å². The first kappa shape index (κ1) is 12.0. The molecule has 1 saturated carbocycles. The van der Waals surface area contributed by atoms with E-state index in [9.17, 15) is 0 Å². The molecule has 1 aliphatic heterocycles. The highest BCUT2D eigenvalue weighted by Crippen LogP contribution is 2.32. The van der Waals surface area contributed by atoms with Gasteiger partial charge in [-0.15, -0.1) is 0 Å². The number of nitrogens with one attached hydrogen (secondary N) is 1. The van der Waals surface area contributed by atoms with Gasteiger partial charge in [0, 0.05) is 6.61 Å². The fourth-order valence-corrected chi connectivity index (χ4v) is 3.20. The largest absolute Gasteiger partial charge is 0.377 e. The van der Waals surface area contributed by atoms with Crippen molar-refractivity contribution in [3.8, 4) is 0 Å². The van der Waals surface area contributed by atoms with Crippen LogP contribution < -0.4 is 5.32 Å². The van der Waals surface area contributed by atoms with E-state index >= 15 is 0 Å². The van der Waals surface area contributed by atoms with E-state index in [1.165, 1.54) is 37.1 Å². The van der Waals surface area contributed by atoms with Crippen LogP contribution in [0.25, 0.3) is 0 Å². The topological polar surface area (TPSA) is 39.1 Å². The van der Waals surface area contributed by atoms with Crippen molar-refractivity contribution >= 4 is 5.69 Å². The maximum atomic E-state index is 5.59. The lowest BCUT2D eigenvalue weighted by Crippen LogP contribution is -2.26. The number of aromatic nitrogens is 2. The van der Waals surface area contributed by atoms with Crippen LogP contribution in [-0.4, -0.2) is 28.5 Å². The quantitative estimate of drug-likeness (QED) is 0.895. The Kier molecular flexibility index (Phi) is 3.29. The van der Waals surface area contributed by atoms with Gasteiger partial charge in [-0.3, -0.25) is 4.68 Å². The molecule has 18 heavy (non-hydrogen) atoms. The van der Waals surface area contributed by atoms with Gasteiger partial charge in [-0.25, -0.2) is 0 Å². The second-order valence-corrected chi connectivity index (χ2v) is 5.64. The second-order valence-electron chi connectivity index (χ2n) is 5.64. The van der Waals surface area contributed by atoms with Crippen molar-refractivity contribution in [2.45, 2.75) is 64.1 Å². The van der Waals surface area contributed by atoms with E-state index in [0.29, 0.717) is 18.2 Å². The van der Waals surface area contributed by atoms with Crippen LogP contribution in [0.5, 0.6) is 0 Å². The maximum Gasteiger partial charge on any atom is 0.0759 e. The van der Waals surface area contributed by atoms with Crippen molar-refractivity contribution < 1.29 is 4.74 Å². The zero-order valence-corrected chi connectivity index (χ0v) is 11.4. The van der Waals surface area contributed by atoms with Crippen molar-refractivity contribution in [2.75, 3.05) is 11.9 Å². The SMILES string of the molecule is Cc1c(N[C@H]2CCO[C@H]2C)cnn1C1CCCC1. The fourth-order valence-electron chi connectivity index (χ4n) is 3.20. The summed E-state index contributed by atoms with van der Waals surface area (Å²) >= 11 is 0. The number of anilines is 1. The Labute approximate surface area is 109 Å². The Balaban J connectivity index is 1.72. The lowest BCUT2D eigenvalue weighted by Gasteiger charge is -2.18. The molecule has 100 valence electrons. The van der Waals surface area contributed by atoms with Gasteiger partial charge in [0.1, 0.15) is 0 Å².